The minimum atomic E-state index is -0.468. The van der Waals surface area contributed by atoms with Crippen molar-refractivity contribution in [3.8, 4) is 0 Å². The molecular weight excluding hydrogens is 360 g/mol. The van der Waals surface area contributed by atoms with E-state index in [1.165, 1.54) is 0 Å². The normalized spacial score (nSPS) is 10.8. The number of amides is 2. The van der Waals surface area contributed by atoms with Gasteiger partial charge in [0.15, 0.2) is 0 Å². The maximum atomic E-state index is 13.3. The van der Waals surface area contributed by atoms with Gasteiger partial charge in [0, 0.05) is 6.54 Å². The second-order valence-corrected chi connectivity index (χ2v) is 7.39. The molecule has 0 fully saturated rings. The van der Waals surface area contributed by atoms with Gasteiger partial charge in [0.1, 0.15) is 0 Å². The highest BCUT2D eigenvalue weighted by Crippen LogP contribution is 2.27. The zero-order valence-corrected chi connectivity index (χ0v) is 16.8. The first-order valence-electron chi connectivity index (χ1n) is 9.84. The second kappa shape index (κ2) is 9.69. The molecule has 0 atom stereocenters. The highest BCUT2D eigenvalue weighted by Gasteiger charge is 2.24. The average molecular weight is 386 g/mol. The molecule has 0 aliphatic heterocycles. The van der Waals surface area contributed by atoms with Crippen molar-refractivity contribution in [3.05, 3.63) is 102 Å². The molecule has 3 rings (SSSR count). The van der Waals surface area contributed by atoms with Gasteiger partial charge in [0.2, 0.25) is 5.91 Å². The SMILES string of the molecule is CC(C)CNC(=O)c1ccccc1NC(=O)C(c1ccccc1)c1ccccc1. The van der Waals surface area contributed by atoms with Crippen molar-refractivity contribution in [2.75, 3.05) is 11.9 Å². The molecule has 4 heteroatoms. The lowest BCUT2D eigenvalue weighted by molar-refractivity contribution is -0.116. The lowest BCUT2D eigenvalue weighted by Gasteiger charge is -2.19. The minimum Gasteiger partial charge on any atom is -0.352 e. The molecule has 0 unspecified atom stereocenters. The summed E-state index contributed by atoms with van der Waals surface area (Å²) in [6.07, 6.45) is 0. The van der Waals surface area contributed by atoms with Crippen LogP contribution in [0, 0.1) is 5.92 Å². The molecule has 0 bridgehead atoms. The van der Waals surface area contributed by atoms with Crippen LogP contribution in [0.1, 0.15) is 41.3 Å². The van der Waals surface area contributed by atoms with E-state index in [1.807, 2.05) is 80.6 Å². The molecule has 2 amide bonds. The van der Waals surface area contributed by atoms with Gasteiger partial charge in [-0.3, -0.25) is 9.59 Å². The molecule has 0 spiro atoms. The quantitative estimate of drug-likeness (QED) is 0.610. The molecule has 3 aromatic rings. The number of carbonyl (C=O) groups is 2. The Morgan fingerprint density at radius 2 is 1.28 bits per heavy atom. The van der Waals surface area contributed by atoms with Crippen LogP contribution < -0.4 is 10.6 Å². The summed E-state index contributed by atoms with van der Waals surface area (Å²) in [5.74, 6) is -0.484. The monoisotopic (exact) mass is 386 g/mol. The van der Waals surface area contributed by atoms with E-state index in [4.69, 9.17) is 0 Å². The highest BCUT2D eigenvalue weighted by molar-refractivity contribution is 6.05. The molecule has 4 nitrogen and oxygen atoms in total. The van der Waals surface area contributed by atoms with Crippen LogP contribution in [-0.4, -0.2) is 18.4 Å². The van der Waals surface area contributed by atoms with Crippen molar-refractivity contribution in [1.82, 2.24) is 5.32 Å². The Balaban J connectivity index is 1.89. The van der Waals surface area contributed by atoms with Gasteiger partial charge < -0.3 is 10.6 Å². The van der Waals surface area contributed by atoms with E-state index in [9.17, 15) is 9.59 Å². The van der Waals surface area contributed by atoms with Gasteiger partial charge in [0.05, 0.1) is 17.2 Å². The van der Waals surface area contributed by atoms with Gasteiger partial charge in [-0.2, -0.15) is 0 Å². The van der Waals surface area contributed by atoms with Gasteiger partial charge in [0.25, 0.3) is 5.91 Å². The number of para-hydroxylation sites is 1. The molecule has 0 heterocycles. The number of nitrogens with one attached hydrogen (secondary N) is 2. The van der Waals surface area contributed by atoms with Crippen LogP contribution >= 0.6 is 0 Å². The van der Waals surface area contributed by atoms with Crippen LogP contribution in [0.4, 0.5) is 5.69 Å². The first-order chi connectivity index (χ1) is 14.1. The molecule has 148 valence electrons. The fraction of sp³-hybridized carbons (Fsp3) is 0.200. The first kappa shape index (κ1) is 20.3. The summed E-state index contributed by atoms with van der Waals surface area (Å²) in [6, 6.07) is 26.4. The Hall–Kier alpha value is -3.40. The van der Waals surface area contributed by atoms with Crippen LogP contribution in [-0.2, 0) is 4.79 Å². The third-order valence-electron chi connectivity index (χ3n) is 4.63. The Morgan fingerprint density at radius 3 is 1.83 bits per heavy atom. The van der Waals surface area contributed by atoms with Gasteiger partial charge in [-0.1, -0.05) is 86.6 Å². The average Bonchev–Trinajstić information content (AvgIpc) is 2.74. The Bertz CT molecular complexity index is 913. The Labute approximate surface area is 172 Å². The van der Waals surface area contributed by atoms with Crippen molar-refractivity contribution in [2.24, 2.45) is 5.92 Å². The highest BCUT2D eigenvalue weighted by atomic mass is 16.2. The maximum Gasteiger partial charge on any atom is 0.253 e. The summed E-state index contributed by atoms with van der Waals surface area (Å²) in [4.78, 5) is 25.9. The predicted octanol–water partition coefficient (Wildman–Crippen LogP) is 4.84. The number of hydrogen-bond acceptors (Lipinski definition) is 2. The van der Waals surface area contributed by atoms with E-state index in [2.05, 4.69) is 10.6 Å². The molecule has 2 N–H and O–H groups in total. The van der Waals surface area contributed by atoms with Crippen molar-refractivity contribution in [3.63, 3.8) is 0 Å². The predicted molar refractivity (Wildman–Crippen MR) is 117 cm³/mol. The zero-order chi connectivity index (χ0) is 20.6. The number of benzene rings is 3. The number of anilines is 1. The summed E-state index contributed by atoms with van der Waals surface area (Å²) in [5, 5.41) is 5.89. The van der Waals surface area contributed by atoms with Crippen molar-refractivity contribution in [2.45, 2.75) is 19.8 Å². The van der Waals surface area contributed by atoms with Crippen molar-refractivity contribution < 1.29 is 9.59 Å². The van der Waals surface area contributed by atoms with E-state index >= 15 is 0 Å². The molecule has 0 aliphatic carbocycles. The number of carbonyl (C=O) groups excluding carboxylic acids is 2. The summed E-state index contributed by atoms with van der Waals surface area (Å²) in [6.45, 7) is 4.66. The summed E-state index contributed by atoms with van der Waals surface area (Å²) >= 11 is 0. The molecule has 0 radical (unpaired) electrons. The molecular formula is C25H26N2O2. The third-order valence-corrected chi connectivity index (χ3v) is 4.63. The second-order valence-electron chi connectivity index (χ2n) is 7.39. The summed E-state index contributed by atoms with van der Waals surface area (Å²) in [7, 11) is 0. The van der Waals surface area contributed by atoms with E-state index < -0.39 is 5.92 Å². The number of hydrogen-bond donors (Lipinski definition) is 2. The van der Waals surface area contributed by atoms with Crippen LogP contribution in [0.3, 0.4) is 0 Å². The largest absolute Gasteiger partial charge is 0.352 e. The van der Waals surface area contributed by atoms with Crippen molar-refractivity contribution >= 4 is 17.5 Å². The summed E-state index contributed by atoms with van der Waals surface area (Å²) < 4.78 is 0. The van der Waals surface area contributed by atoms with E-state index in [-0.39, 0.29) is 11.8 Å². The van der Waals surface area contributed by atoms with E-state index in [1.54, 1.807) is 18.2 Å². The molecule has 3 aromatic carbocycles. The first-order valence-corrected chi connectivity index (χ1v) is 9.84. The topological polar surface area (TPSA) is 58.2 Å². The maximum absolute atomic E-state index is 13.3. The fourth-order valence-electron chi connectivity index (χ4n) is 3.17. The zero-order valence-electron chi connectivity index (χ0n) is 16.8. The molecule has 0 aliphatic rings. The smallest absolute Gasteiger partial charge is 0.253 e. The standard InChI is InChI=1S/C25H26N2O2/c1-18(2)17-26-24(28)21-15-9-10-16-22(21)27-25(29)23(19-11-5-3-6-12-19)20-13-7-4-8-14-20/h3-16,18,23H,17H2,1-2H3,(H,26,28)(H,27,29). The molecule has 0 saturated heterocycles. The van der Waals surface area contributed by atoms with E-state index in [0.717, 1.165) is 11.1 Å². The van der Waals surface area contributed by atoms with Crippen LogP contribution in [0.25, 0.3) is 0 Å². The van der Waals surface area contributed by atoms with Gasteiger partial charge in [-0.15, -0.1) is 0 Å². The lowest BCUT2D eigenvalue weighted by Crippen LogP contribution is -2.29. The lowest BCUT2D eigenvalue weighted by atomic mass is 9.90. The van der Waals surface area contributed by atoms with Crippen molar-refractivity contribution in [1.29, 1.82) is 0 Å². The van der Waals surface area contributed by atoms with Gasteiger partial charge in [-0.25, -0.2) is 0 Å². The van der Waals surface area contributed by atoms with Crippen LogP contribution in [0.5, 0.6) is 0 Å². The summed E-state index contributed by atoms with van der Waals surface area (Å²) in [5.41, 5.74) is 2.77. The molecule has 29 heavy (non-hydrogen) atoms. The van der Waals surface area contributed by atoms with Gasteiger partial charge in [-0.05, 0) is 29.2 Å². The minimum absolute atomic E-state index is 0.175. The molecule has 0 saturated carbocycles. The van der Waals surface area contributed by atoms with E-state index in [0.29, 0.717) is 23.7 Å². The Kier molecular flexibility index (Phi) is 6.80. The van der Waals surface area contributed by atoms with Crippen LogP contribution in [0.2, 0.25) is 0 Å². The number of rotatable bonds is 7. The van der Waals surface area contributed by atoms with Gasteiger partial charge >= 0.3 is 0 Å². The van der Waals surface area contributed by atoms with Crippen LogP contribution in [0.15, 0.2) is 84.9 Å². The third kappa shape index (κ3) is 5.32. The molecule has 0 aromatic heterocycles. The fourth-order valence-corrected chi connectivity index (χ4v) is 3.17. The Morgan fingerprint density at radius 1 is 0.759 bits per heavy atom.